The van der Waals surface area contributed by atoms with Crippen LogP contribution >= 0.6 is 12.4 Å². The summed E-state index contributed by atoms with van der Waals surface area (Å²) in [7, 11) is -3.66. The van der Waals surface area contributed by atoms with Crippen LogP contribution in [0.5, 0.6) is 0 Å². The molecule has 5 nitrogen and oxygen atoms in total. The Morgan fingerprint density at radius 2 is 2.00 bits per heavy atom. The van der Waals surface area contributed by atoms with Crippen molar-refractivity contribution in [2.24, 2.45) is 5.73 Å². The molecule has 0 heterocycles. The van der Waals surface area contributed by atoms with Gasteiger partial charge in [-0.3, -0.25) is 0 Å². The van der Waals surface area contributed by atoms with Crippen molar-refractivity contribution in [3.8, 4) is 6.07 Å². The number of aryl methyl sites for hydroxylation is 1. The highest BCUT2D eigenvalue weighted by Gasteiger charge is 2.37. The van der Waals surface area contributed by atoms with E-state index in [0.29, 0.717) is 17.7 Å². The van der Waals surface area contributed by atoms with Crippen molar-refractivity contribution < 1.29 is 8.42 Å². The Labute approximate surface area is 132 Å². The highest BCUT2D eigenvalue weighted by molar-refractivity contribution is 7.89. The van der Waals surface area contributed by atoms with Gasteiger partial charge in [-0.2, -0.15) is 5.26 Å². The molecule has 2 rings (SSSR count). The van der Waals surface area contributed by atoms with Crippen LogP contribution in [0.1, 0.15) is 36.8 Å². The highest BCUT2D eigenvalue weighted by Crippen LogP contribution is 2.31. The van der Waals surface area contributed by atoms with Crippen LogP contribution in [-0.2, 0) is 10.0 Å². The van der Waals surface area contributed by atoms with E-state index in [-0.39, 0.29) is 17.3 Å². The van der Waals surface area contributed by atoms with Crippen LogP contribution in [0.25, 0.3) is 0 Å². The predicted molar refractivity (Wildman–Crippen MR) is 83.7 cm³/mol. The topological polar surface area (TPSA) is 96.0 Å². The third-order valence-corrected chi connectivity index (χ3v) is 5.63. The predicted octanol–water partition coefficient (Wildman–Crippen LogP) is 1.84. The van der Waals surface area contributed by atoms with Gasteiger partial charge in [-0.15, -0.1) is 12.4 Å². The first-order chi connectivity index (χ1) is 9.42. The number of halogens is 1. The Balaban J connectivity index is 0.00000220. The fourth-order valence-electron chi connectivity index (χ4n) is 2.70. The van der Waals surface area contributed by atoms with Crippen LogP contribution in [0.2, 0.25) is 0 Å². The Morgan fingerprint density at radius 1 is 1.38 bits per heavy atom. The maximum absolute atomic E-state index is 12.6. The van der Waals surface area contributed by atoms with E-state index in [2.05, 4.69) is 4.72 Å². The molecule has 0 bridgehead atoms. The van der Waals surface area contributed by atoms with Gasteiger partial charge in [0.25, 0.3) is 0 Å². The number of hydrogen-bond donors (Lipinski definition) is 2. The maximum Gasteiger partial charge on any atom is 0.241 e. The third-order valence-electron chi connectivity index (χ3n) is 3.91. The van der Waals surface area contributed by atoms with Gasteiger partial charge in [0.2, 0.25) is 10.0 Å². The molecule has 1 aliphatic rings. The first kappa shape index (κ1) is 17.9. The van der Waals surface area contributed by atoms with Crippen molar-refractivity contribution in [1.29, 1.82) is 5.26 Å². The Bertz CT molecular complexity index is 647. The average Bonchev–Trinajstić information content (AvgIpc) is 2.87. The number of nitrogens with zero attached hydrogens (tertiary/aromatic N) is 1. The van der Waals surface area contributed by atoms with Gasteiger partial charge < -0.3 is 5.73 Å². The van der Waals surface area contributed by atoms with Gasteiger partial charge in [-0.1, -0.05) is 18.9 Å². The molecule has 0 atom stereocenters. The third kappa shape index (κ3) is 3.74. The molecule has 116 valence electrons. The van der Waals surface area contributed by atoms with Gasteiger partial charge in [-0.05, 0) is 37.5 Å². The lowest BCUT2D eigenvalue weighted by Crippen LogP contribution is -2.51. The van der Waals surface area contributed by atoms with Gasteiger partial charge in [0, 0.05) is 12.1 Å². The largest absolute Gasteiger partial charge is 0.329 e. The summed E-state index contributed by atoms with van der Waals surface area (Å²) < 4.78 is 27.9. The van der Waals surface area contributed by atoms with Crippen LogP contribution in [0.15, 0.2) is 23.1 Å². The molecule has 0 spiro atoms. The molecule has 7 heteroatoms. The summed E-state index contributed by atoms with van der Waals surface area (Å²) in [5.41, 5.74) is 6.20. The molecule has 0 amide bonds. The van der Waals surface area contributed by atoms with Gasteiger partial charge in [0.15, 0.2) is 0 Å². The van der Waals surface area contributed by atoms with Gasteiger partial charge in [0.1, 0.15) is 0 Å². The van der Waals surface area contributed by atoms with E-state index in [0.717, 1.165) is 25.7 Å². The minimum absolute atomic E-state index is 0. The molecule has 0 aromatic heterocycles. The second kappa shape index (κ2) is 6.75. The summed E-state index contributed by atoms with van der Waals surface area (Å²) in [6.45, 7) is 2.02. The van der Waals surface area contributed by atoms with Crippen LogP contribution in [0.3, 0.4) is 0 Å². The Hall–Kier alpha value is -1.13. The van der Waals surface area contributed by atoms with Gasteiger partial charge in [-0.25, -0.2) is 13.1 Å². The molecule has 1 aromatic carbocycles. The molecule has 0 aliphatic heterocycles. The molecule has 1 aliphatic carbocycles. The number of nitriles is 1. The van der Waals surface area contributed by atoms with Crippen molar-refractivity contribution in [3.05, 3.63) is 29.3 Å². The Kier molecular flexibility index (Phi) is 5.76. The monoisotopic (exact) mass is 329 g/mol. The summed E-state index contributed by atoms with van der Waals surface area (Å²) in [4.78, 5) is 0.163. The number of nitrogens with two attached hydrogens (primary N) is 1. The van der Waals surface area contributed by atoms with E-state index in [4.69, 9.17) is 11.0 Å². The van der Waals surface area contributed by atoms with Crippen LogP contribution < -0.4 is 10.5 Å². The molecule has 0 unspecified atom stereocenters. The molecular weight excluding hydrogens is 310 g/mol. The summed E-state index contributed by atoms with van der Waals surface area (Å²) >= 11 is 0. The highest BCUT2D eigenvalue weighted by atomic mass is 35.5. The van der Waals surface area contributed by atoms with Gasteiger partial charge in [0.05, 0.1) is 16.5 Å². The summed E-state index contributed by atoms with van der Waals surface area (Å²) in [5.74, 6) is 0. The van der Waals surface area contributed by atoms with Crippen LogP contribution in [0, 0.1) is 18.3 Å². The zero-order valence-electron chi connectivity index (χ0n) is 11.9. The standard InChI is InChI=1S/C14H19N3O2S.ClH/c1-11-4-5-12(9-15)8-13(11)20(18,19)17-14(10-16)6-2-3-7-14;/h4-5,8,17H,2-3,6-7,10,16H2,1H3;1H. The minimum Gasteiger partial charge on any atom is -0.329 e. The molecule has 1 saturated carbocycles. The molecule has 21 heavy (non-hydrogen) atoms. The number of rotatable bonds is 4. The number of benzene rings is 1. The summed E-state index contributed by atoms with van der Waals surface area (Å²) in [6.07, 6.45) is 3.49. The number of hydrogen-bond acceptors (Lipinski definition) is 4. The average molecular weight is 330 g/mol. The van der Waals surface area contributed by atoms with E-state index in [1.54, 1.807) is 19.1 Å². The molecular formula is C14H20ClN3O2S. The zero-order chi connectivity index (χ0) is 14.8. The van der Waals surface area contributed by atoms with E-state index in [1.807, 2.05) is 6.07 Å². The smallest absolute Gasteiger partial charge is 0.241 e. The molecule has 3 N–H and O–H groups in total. The number of nitrogens with one attached hydrogen (secondary N) is 1. The second-order valence-corrected chi connectivity index (χ2v) is 7.04. The lowest BCUT2D eigenvalue weighted by atomic mass is 10.0. The molecule has 0 saturated heterocycles. The second-order valence-electron chi connectivity index (χ2n) is 5.39. The van der Waals surface area contributed by atoms with E-state index in [9.17, 15) is 8.42 Å². The van der Waals surface area contributed by atoms with Crippen LogP contribution in [0.4, 0.5) is 0 Å². The van der Waals surface area contributed by atoms with E-state index >= 15 is 0 Å². The SMILES string of the molecule is Cc1ccc(C#N)cc1S(=O)(=O)NC1(CN)CCCC1.Cl. The zero-order valence-corrected chi connectivity index (χ0v) is 13.6. The first-order valence-corrected chi connectivity index (χ1v) is 8.16. The maximum atomic E-state index is 12.6. The summed E-state index contributed by atoms with van der Waals surface area (Å²) in [5, 5.41) is 8.91. The van der Waals surface area contributed by atoms with Crippen molar-refractivity contribution in [1.82, 2.24) is 4.72 Å². The fourth-order valence-corrected chi connectivity index (χ4v) is 4.44. The van der Waals surface area contributed by atoms with E-state index in [1.165, 1.54) is 6.07 Å². The Morgan fingerprint density at radius 3 is 2.52 bits per heavy atom. The fraction of sp³-hybridized carbons (Fsp3) is 0.500. The van der Waals surface area contributed by atoms with Gasteiger partial charge >= 0.3 is 0 Å². The van der Waals surface area contributed by atoms with Crippen molar-refractivity contribution in [3.63, 3.8) is 0 Å². The lowest BCUT2D eigenvalue weighted by molar-refractivity contribution is 0.399. The van der Waals surface area contributed by atoms with Crippen molar-refractivity contribution in [2.75, 3.05) is 6.54 Å². The van der Waals surface area contributed by atoms with Crippen molar-refractivity contribution >= 4 is 22.4 Å². The normalized spacial score (nSPS) is 17.0. The molecule has 1 aromatic rings. The number of sulfonamides is 1. The first-order valence-electron chi connectivity index (χ1n) is 6.67. The van der Waals surface area contributed by atoms with Crippen molar-refractivity contribution in [2.45, 2.75) is 43.0 Å². The molecule has 0 radical (unpaired) electrons. The lowest BCUT2D eigenvalue weighted by Gasteiger charge is -2.28. The molecule has 1 fully saturated rings. The van der Waals surface area contributed by atoms with Crippen LogP contribution in [-0.4, -0.2) is 20.5 Å². The quantitative estimate of drug-likeness (QED) is 0.880. The van der Waals surface area contributed by atoms with E-state index < -0.39 is 15.6 Å². The summed E-state index contributed by atoms with van der Waals surface area (Å²) in [6, 6.07) is 6.64. The minimum atomic E-state index is -3.66.